The largest absolute Gasteiger partial charge is 0.117 e. The van der Waals surface area contributed by atoms with E-state index in [1.807, 2.05) is 18.2 Å². The highest BCUT2D eigenvalue weighted by atomic mass is 127. The Morgan fingerprint density at radius 2 is 2.33 bits per heavy atom. The number of halogens is 3. The zero-order valence-electron chi connectivity index (χ0n) is 4.57. The van der Waals surface area contributed by atoms with Crippen LogP contribution in [0.15, 0.2) is 23.3 Å². The van der Waals surface area contributed by atoms with E-state index in [4.69, 9.17) is 23.2 Å². The van der Waals surface area contributed by atoms with Crippen LogP contribution in [0.25, 0.3) is 0 Å². The van der Waals surface area contributed by atoms with Crippen molar-refractivity contribution in [3.8, 4) is 0 Å². The minimum Gasteiger partial charge on any atom is -0.103 e. The molecule has 0 spiro atoms. The molecule has 1 rings (SSSR count). The lowest BCUT2D eigenvalue weighted by atomic mass is 10.2. The number of hydrogen-bond donors (Lipinski definition) is 0. The Morgan fingerprint density at radius 1 is 1.67 bits per heavy atom. The van der Waals surface area contributed by atoms with Crippen molar-refractivity contribution in [2.75, 3.05) is 0 Å². The Kier molecular flexibility index (Phi) is 2.46. The molecule has 0 saturated heterocycles. The molecule has 0 amide bonds. The molecule has 0 saturated carbocycles. The Balaban J connectivity index is 2.70. The predicted molar refractivity (Wildman–Crippen MR) is 50.3 cm³/mol. The zero-order chi connectivity index (χ0) is 6.91. The molecule has 1 atom stereocenters. The van der Waals surface area contributed by atoms with E-state index in [1.165, 1.54) is 0 Å². The van der Waals surface area contributed by atoms with E-state index in [9.17, 15) is 0 Å². The van der Waals surface area contributed by atoms with E-state index in [1.54, 1.807) is 0 Å². The normalized spacial score (nSPS) is 34.3. The summed E-state index contributed by atoms with van der Waals surface area (Å²) < 4.78 is -0.240. The summed E-state index contributed by atoms with van der Waals surface area (Å²) in [6.45, 7) is 0. The highest BCUT2D eigenvalue weighted by Gasteiger charge is 2.19. The molecule has 0 heterocycles. The first-order chi connectivity index (χ1) is 4.10. The van der Waals surface area contributed by atoms with Gasteiger partial charge in [-0.3, -0.25) is 0 Å². The lowest BCUT2D eigenvalue weighted by Gasteiger charge is -2.15. The summed E-state index contributed by atoms with van der Waals surface area (Å²) in [5.41, 5.74) is 0. The Morgan fingerprint density at radius 3 is 2.67 bits per heavy atom. The van der Waals surface area contributed by atoms with Crippen LogP contribution < -0.4 is 0 Å². The van der Waals surface area contributed by atoms with Crippen LogP contribution in [-0.2, 0) is 0 Å². The quantitative estimate of drug-likeness (QED) is 0.469. The van der Waals surface area contributed by atoms with Crippen LogP contribution in [0.4, 0.5) is 0 Å². The maximum atomic E-state index is 5.93. The van der Waals surface area contributed by atoms with Crippen molar-refractivity contribution in [3.05, 3.63) is 23.3 Å². The van der Waals surface area contributed by atoms with Crippen LogP contribution >= 0.6 is 45.8 Å². The Hall–Kier alpha value is 0.790. The molecule has 0 N–H and O–H groups in total. The van der Waals surface area contributed by atoms with Crippen LogP contribution in [0.1, 0.15) is 6.42 Å². The van der Waals surface area contributed by atoms with Gasteiger partial charge in [-0.15, -0.1) is 11.6 Å². The van der Waals surface area contributed by atoms with Crippen molar-refractivity contribution < 1.29 is 0 Å². The predicted octanol–water partition coefficient (Wildman–Crippen LogP) is 3.44. The van der Waals surface area contributed by atoms with Gasteiger partial charge in [0.25, 0.3) is 0 Å². The van der Waals surface area contributed by atoms with Crippen LogP contribution in [0.3, 0.4) is 0 Å². The van der Waals surface area contributed by atoms with E-state index >= 15 is 0 Å². The molecule has 1 unspecified atom stereocenters. The lowest BCUT2D eigenvalue weighted by molar-refractivity contribution is 1.01. The molecule has 3 heteroatoms. The van der Waals surface area contributed by atoms with Gasteiger partial charge >= 0.3 is 0 Å². The van der Waals surface area contributed by atoms with E-state index in [0.29, 0.717) is 0 Å². The smallest absolute Gasteiger partial charge is 0.103 e. The molecular weight excluding hydrogens is 270 g/mol. The van der Waals surface area contributed by atoms with E-state index in [2.05, 4.69) is 22.6 Å². The topological polar surface area (TPSA) is 0 Å². The van der Waals surface area contributed by atoms with Crippen molar-refractivity contribution in [2.24, 2.45) is 0 Å². The summed E-state index contributed by atoms with van der Waals surface area (Å²) >= 11 is 13.8. The monoisotopic (exact) mass is 274 g/mol. The first-order valence-electron chi connectivity index (χ1n) is 2.53. The van der Waals surface area contributed by atoms with Gasteiger partial charge in [0.05, 0.1) is 0 Å². The lowest BCUT2D eigenvalue weighted by Crippen LogP contribution is -2.07. The van der Waals surface area contributed by atoms with E-state index < -0.39 is 0 Å². The minimum atomic E-state index is -0.240. The molecule has 0 radical (unpaired) electrons. The van der Waals surface area contributed by atoms with Gasteiger partial charge in [-0.2, -0.15) is 0 Å². The van der Waals surface area contributed by atoms with Gasteiger partial charge in [-0.1, -0.05) is 46.3 Å². The van der Waals surface area contributed by atoms with Gasteiger partial charge < -0.3 is 0 Å². The molecule has 0 fully saturated rings. The summed E-state index contributed by atoms with van der Waals surface area (Å²) in [5, 5.41) is 0.781. The fourth-order valence-electron chi connectivity index (χ4n) is 0.571. The second-order valence-electron chi connectivity index (χ2n) is 1.89. The highest BCUT2D eigenvalue weighted by molar-refractivity contribution is 14.1. The molecule has 0 aromatic carbocycles. The maximum Gasteiger partial charge on any atom is 0.117 e. The van der Waals surface area contributed by atoms with Crippen LogP contribution in [0.2, 0.25) is 0 Å². The van der Waals surface area contributed by atoms with Gasteiger partial charge in [-0.05, 0) is 12.5 Å². The number of allylic oxidation sites excluding steroid dienone is 4. The highest BCUT2D eigenvalue weighted by Crippen LogP contribution is 2.34. The van der Waals surface area contributed by atoms with Gasteiger partial charge in [0.15, 0.2) is 0 Å². The molecule has 9 heavy (non-hydrogen) atoms. The van der Waals surface area contributed by atoms with Crippen LogP contribution in [0, 0.1) is 0 Å². The van der Waals surface area contributed by atoms with Gasteiger partial charge in [0.2, 0.25) is 0 Å². The Labute approximate surface area is 78.0 Å². The number of rotatable bonds is 0. The number of alkyl halides is 2. The van der Waals surface area contributed by atoms with Crippen LogP contribution in [0.5, 0.6) is 0 Å². The minimum absolute atomic E-state index is 0.240. The van der Waals surface area contributed by atoms with Crippen LogP contribution in [-0.4, -0.2) is 2.88 Å². The van der Waals surface area contributed by atoms with Gasteiger partial charge in [0, 0.05) is 5.03 Å². The van der Waals surface area contributed by atoms with Crippen molar-refractivity contribution in [1.82, 2.24) is 0 Å². The second kappa shape index (κ2) is 2.81. The molecule has 0 aliphatic heterocycles. The van der Waals surface area contributed by atoms with Gasteiger partial charge in [0.1, 0.15) is 2.88 Å². The third-order valence-corrected chi connectivity index (χ3v) is 2.42. The fraction of sp³-hybridized carbons (Fsp3) is 0.333. The number of hydrogen-bond acceptors (Lipinski definition) is 0. The molecule has 0 aromatic heterocycles. The summed E-state index contributed by atoms with van der Waals surface area (Å²) in [4.78, 5) is 0. The zero-order valence-corrected chi connectivity index (χ0v) is 8.24. The summed E-state index contributed by atoms with van der Waals surface area (Å²) in [6, 6.07) is 0. The van der Waals surface area contributed by atoms with Crippen molar-refractivity contribution in [1.29, 1.82) is 0 Å². The fourth-order valence-corrected chi connectivity index (χ4v) is 1.25. The first-order valence-corrected chi connectivity index (χ1v) is 4.36. The molecule has 1 aliphatic rings. The van der Waals surface area contributed by atoms with Crippen molar-refractivity contribution >= 4 is 45.8 Å². The molecule has 0 aromatic rings. The molecule has 1 aliphatic carbocycles. The van der Waals surface area contributed by atoms with E-state index in [0.717, 1.165) is 11.5 Å². The third kappa shape index (κ3) is 2.48. The van der Waals surface area contributed by atoms with Crippen molar-refractivity contribution in [2.45, 2.75) is 9.30 Å². The van der Waals surface area contributed by atoms with Gasteiger partial charge in [-0.25, -0.2) is 0 Å². The average molecular weight is 275 g/mol. The summed E-state index contributed by atoms with van der Waals surface area (Å²) in [6.07, 6.45) is 6.45. The molecular formula is C6H5Cl2I. The molecule has 0 nitrogen and oxygen atoms in total. The van der Waals surface area contributed by atoms with Crippen molar-refractivity contribution in [3.63, 3.8) is 0 Å². The second-order valence-corrected chi connectivity index (χ2v) is 5.56. The summed E-state index contributed by atoms with van der Waals surface area (Å²) in [5.74, 6) is 0. The SMILES string of the molecule is ClC1=CCC(Cl)(I)C=C1. The average Bonchev–Trinajstić information content (AvgIpc) is 1.78. The molecule has 50 valence electrons. The first kappa shape index (κ1) is 7.89. The maximum absolute atomic E-state index is 5.93. The molecule has 0 bridgehead atoms. The Bertz CT molecular complexity index is 170. The third-order valence-electron chi connectivity index (χ3n) is 1.06. The summed E-state index contributed by atoms with van der Waals surface area (Å²) in [7, 11) is 0. The van der Waals surface area contributed by atoms with E-state index in [-0.39, 0.29) is 2.88 Å². The standard InChI is InChI=1S/C6H5Cl2I/c7-5-1-3-6(8,9)4-2-5/h1-3H,4H2.